The Labute approximate surface area is 110 Å². The van der Waals surface area contributed by atoms with Crippen molar-refractivity contribution < 1.29 is 19.5 Å². The van der Waals surface area contributed by atoms with Gasteiger partial charge in [0.05, 0.1) is 5.56 Å². The maximum absolute atomic E-state index is 11.9. The minimum atomic E-state index is -1.04. The normalized spacial score (nSPS) is 15.2. The molecule has 1 heterocycles. The number of carbonyl (C=O) groups excluding carboxylic acids is 2. The Morgan fingerprint density at radius 3 is 2.32 bits per heavy atom. The minimum absolute atomic E-state index is 0.0956. The van der Waals surface area contributed by atoms with E-state index in [1.54, 1.807) is 0 Å². The van der Waals surface area contributed by atoms with Crippen molar-refractivity contribution in [2.24, 2.45) is 0 Å². The number of hydrogen-bond donors (Lipinski definition) is 2. The first-order valence-corrected chi connectivity index (χ1v) is 6.02. The van der Waals surface area contributed by atoms with E-state index in [0.717, 1.165) is 12.8 Å². The van der Waals surface area contributed by atoms with E-state index in [2.05, 4.69) is 5.43 Å². The highest BCUT2D eigenvalue weighted by Gasteiger charge is 2.20. The van der Waals surface area contributed by atoms with Crippen LogP contribution in [0.5, 0.6) is 0 Å². The van der Waals surface area contributed by atoms with Gasteiger partial charge >= 0.3 is 5.97 Å². The first-order valence-electron chi connectivity index (χ1n) is 6.02. The van der Waals surface area contributed by atoms with Crippen molar-refractivity contribution in [3.63, 3.8) is 0 Å². The Balaban J connectivity index is 2.03. The molecule has 100 valence electrons. The van der Waals surface area contributed by atoms with Gasteiger partial charge in [0, 0.05) is 18.5 Å². The molecule has 0 spiro atoms. The number of carbonyl (C=O) groups is 3. The highest BCUT2D eigenvalue weighted by atomic mass is 16.4. The SMILES string of the molecule is O=C(O)c1ccc(C(=O)NN2CCCCC2=O)cc1. The zero-order valence-electron chi connectivity index (χ0n) is 10.3. The van der Waals surface area contributed by atoms with Crippen LogP contribution in [0.2, 0.25) is 0 Å². The molecule has 1 aliphatic rings. The van der Waals surface area contributed by atoms with Crippen LogP contribution < -0.4 is 5.43 Å². The lowest BCUT2D eigenvalue weighted by atomic mass is 10.1. The number of piperidine rings is 1. The molecule has 2 amide bonds. The topological polar surface area (TPSA) is 86.7 Å². The molecule has 0 aromatic heterocycles. The molecule has 2 N–H and O–H groups in total. The van der Waals surface area contributed by atoms with E-state index in [4.69, 9.17) is 5.11 Å². The van der Waals surface area contributed by atoms with Gasteiger partial charge in [0.1, 0.15) is 0 Å². The van der Waals surface area contributed by atoms with Gasteiger partial charge in [0.15, 0.2) is 0 Å². The number of amides is 2. The van der Waals surface area contributed by atoms with E-state index in [1.165, 1.54) is 29.3 Å². The second-order valence-electron chi connectivity index (χ2n) is 4.33. The zero-order valence-corrected chi connectivity index (χ0v) is 10.3. The molecule has 0 bridgehead atoms. The minimum Gasteiger partial charge on any atom is -0.478 e. The first-order chi connectivity index (χ1) is 9.08. The number of benzene rings is 1. The fraction of sp³-hybridized carbons (Fsp3) is 0.308. The highest BCUT2D eigenvalue weighted by molar-refractivity contribution is 5.96. The van der Waals surface area contributed by atoms with E-state index in [9.17, 15) is 14.4 Å². The summed E-state index contributed by atoms with van der Waals surface area (Å²) in [5, 5.41) is 10.1. The van der Waals surface area contributed by atoms with E-state index >= 15 is 0 Å². The molecule has 2 rings (SSSR count). The predicted octanol–water partition coefficient (Wildman–Crippen LogP) is 1.04. The van der Waals surface area contributed by atoms with Crippen LogP contribution in [0.4, 0.5) is 0 Å². The average molecular weight is 262 g/mol. The van der Waals surface area contributed by atoms with Crippen molar-refractivity contribution in [1.29, 1.82) is 0 Å². The molecule has 1 aliphatic heterocycles. The van der Waals surface area contributed by atoms with Crippen LogP contribution in [-0.2, 0) is 4.79 Å². The number of hydrazine groups is 1. The molecule has 0 atom stereocenters. The van der Waals surface area contributed by atoms with E-state index in [-0.39, 0.29) is 11.5 Å². The van der Waals surface area contributed by atoms with Crippen molar-refractivity contribution >= 4 is 17.8 Å². The summed E-state index contributed by atoms with van der Waals surface area (Å²) in [6.45, 7) is 0.512. The molecule has 0 radical (unpaired) electrons. The van der Waals surface area contributed by atoms with Crippen LogP contribution in [0.15, 0.2) is 24.3 Å². The molecule has 6 heteroatoms. The van der Waals surface area contributed by atoms with Gasteiger partial charge in [-0.25, -0.2) is 4.79 Å². The lowest BCUT2D eigenvalue weighted by Crippen LogP contribution is -2.48. The van der Waals surface area contributed by atoms with E-state index in [0.29, 0.717) is 18.5 Å². The van der Waals surface area contributed by atoms with Crippen LogP contribution in [0.25, 0.3) is 0 Å². The Morgan fingerprint density at radius 1 is 1.11 bits per heavy atom. The molecule has 1 fully saturated rings. The van der Waals surface area contributed by atoms with Crippen molar-refractivity contribution in [3.8, 4) is 0 Å². The van der Waals surface area contributed by atoms with E-state index < -0.39 is 11.9 Å². The largest absolute Gasteiger partial charge is 0.478 e. The van der Waals surface area contributed by atoms with Crippen molar-refractivity contribution in [1.82, 2.24) is 10.4 Å². The predicted molar refractivity (Wildman–Crippen MR) is 66.4 cm³/mol. The number of nitrogens with one attached hydrogen (secondary N) is 1. The van der Waals surface area contributed by atoms with Crippen LogP contribution >= 0.6 is 0 Å². The van der Waals surface area contributed by atoms with Crippen molar-refractivity contribution in [2.45, 2.75) is 19.3 Å². The molecular formula is C13H14N2O4. The number of carboxylic acid groups (broad SMARTS) is 1. The number of aromatic carboxylic acids is 1. The Morgan fingerprint density at radius 2 is 1.74 bits per heavy atom. The smallest absolute Gasteiger partial charge is 0.335 e. The summed E-state index contributed by atoms with van der Waals surface area (Å²) in [5.74, 6) is -1.55. The van der Waals surface area contributed by atoms with Gasteiger partial charge in [-0.05, 0) is 37.1 Å². The van der Waals surface area contributed by atoms with Crippen LogP contribution in [-0.4, -0.2) is 34.4 Å². The quantitative estimate of drug-likeness (QED) is 0.852. The van der Waals surface area contributed by atoms with Gasteiger partial charge in [0.25, 0.3) is 5.91 Å². The summed E-state index contributed by atoms with van der Waals surface area (Å²) in [4.78, 5) is 34.1. The molecular weight excluding hydrogens is 248 g/mol. The Bertz CT molecular complexity index is 510. The maximum Gasteiger partial charge on any atom is 0.335 e. The standard InChI is InChI=1S/C13H14N2O4/c16-11-3-1-2-8-15(11)14-12(17)9-4-6-10(7-5-9)13(18)19/h4-7H,1-3,8H2,(H,14,17)(H,18,19). The Kier molecular flexibility index (Phi) is 3.79. The van der Waals surface area contributed by atoms with Gasteiger partial charge < -0.3 is 5.11 Å². The molecule has 0 unspecified atom stereocenters. The molecule has 0 aliphatic carbocycles. The summed E-state index contributed by atoms with van der Waals surface area (Å²) in [6.07, 6.45) is 2.15. The summed E-state index contributed by atoms with van der Waals surface area (Å²) in [6, 6.07) is 5.56. The van der Waals surface area contributed by atoms with Gasteiger partial charge in [-0.1, -0.05) is 0 Å². The number of hydrogen-bond acceptors (Lipinski definition) is 3. The van der Waals surface area contributed by atoms with Crippen LogP contribution in [0.3, 0.4) is 0 Å². The first kappa shape index (κ1) is 13.1. The lowest BCUT2D eigenvalue weighted by molar-refractivity contribution is -0.135. The summed E-state index contributed by atoms with van der Waals surface area (Å²) in [7, 11) is 0. The van der Waals surface area contributed by atoms with Crippen molar-refractivity contribution in [3.05, 3.63) is 35.4 Å². The lowest BCUT2D eigenvalue weighted by Gasteiger charge is -2.26. The average Bonchev–Trinajstić information content (AvgIpc) is 2.41. The van der Waals surface area contributed by atoms with Gasteiger partial charge in [-0.15, -0.1) is 0 Å². The fourth-order valence-corrected chi connectivity index (χ4v) is 1.88. The number of rotatable bonds is 3. The maximum atomic E-state index is 11.9. The van der Waals surface area contributed by atoms with Gasteiger partial charge in [-0.3, -0.25) is 20.0 Å². The van der Waals surface area contributed by atoms with Crippen molar-refractivity contribution in [2.75, 3.05) is 6.54 Å². The van der Waals surface area contributed by atoms with Crippen LogP contribution in [0, 0.1) is 0 Å². The van der Waals surface area contributed by atoms with Crippen LogP contribution in [0.1, 0.15) is 40.0 Å². The Hall–Kier alpha value is -2.37. The number of nitrogens with zero attached hydrogens (tertiary/aromatic N) is 1. The zero-order chi connectivity index (χ0) is 13.8. The van der Waals surface area contributed by atoms with Gasteiger partial charge in [-0.2, -0.15) is 0 Å². The summed E-state index contributed by atoms with van der Waals surface area (Å²) < 4.78 is 0. The molecule has 1 aromatic rings. The third-order valence-corrected chi connectivity index (χ3v) is 2.95. The fourth-order valence-electron chi connectivity index (χ4n) is 1.88. The van der Waals surface area contributed by atoms with Gasteiger partial charge in [0.2, 0.25) is 5.91 Å². The molecule has 0 saturated carbocycles. The summed E-state index contributed by atoms with van der Waals surface area (Å²) >= 11 is 0. The third kappa shape index (κ3) is 3.09. The second-order valence-corrected chi connectivity index (χ2v) is 4.33. The number of carboxylic acids is 1. The van der Waals surface area contributed by atoms with E-state index in [1.807, 2.05) is 0 Å². The third-order valence-electron chi connectivity index (χ3n) is 2.95. The molecule has 1 saturated heterocycles. The highest BCUT2D eigenvalue weighted by Crippen LogP contribution is 2.09. The molecule has 19 heavy (non-hydrogen) atoms. The monoisotopic (exact) mass is 262 g/mol. The molecule has 6 nitrogen and oxygen atoms in total. The molecule has 1 aromatic carbocycles. The second kappa shape index (κ2) is 5.51. The summed E-state index contributed by atoms with van der Waals surface area (Å²) in [5.41, 5.74) is 2.97.